The second-order valence-electron chi connectivity index (χ2n) is 6.59. The average molecular weight is 511 g/mol. The highest BCUT2D eigenvalue weighted by atomic mass is 79.9. The number of halogens is 1. The molecule has 0 unspecified atom stereocenters. The van der Waals surface area contributed by atoms with E-state index in [0.717, 1.165) is 4.47 Å². The molecule has 0 aliphatic heterocycles. The summed E-state index contributed by atoms with van der Waals surface area (Å²) in [5, 5.41) is 12.1. The summed E-state index contributed by atoms with van der Waals surface area (Å²) in [7, 11) is 2.74. The van der Waals surface area contributed by atoms with Gasteiger partial charge in [-0.1, -0.05) is 28.1 Å². The standard InChI is InChI=1S/C24H19BrN2O6/c1-30-22-11-15(10-16(13-26)23(28)27-18-5-3-4-17(25)12-18)6-8-20(22)32-14-19-7-9-21(33-19)24(29)31-2/h3-12H,14H2,1-2H3,(H,27,28)/b16-10+. The first-order valence-corrected chi connectivity index (χ1v) is 10.4. The van der Waals surface area contributed by atoms with E-state index in [4.69, 9.17) is 13.9 Å². The zero-order valence-electron chi connectivity index (χ0n) is 17.8. The molecule has 0 atom stereocenters. The van der Waals surface area contributed by atoms with E-state index in [1.807, 2.05) is 12.1 Å². The van der Waals surface area contributed by atoms with Crippen LogP contribution in [0.5, 0.6) is 11.5 Å². The summed E-state index contributed by atoms with van der Waals surface area (Å²) in [5.74, 6) is 0.211. The van der Waals surface area contributed by atoms with Crippen LogP contribution in [0.15, 0.2) is 69.1 Å². The van der Waals surface area contributed by atoms with Crippen LogP contribution in [0.2, 0.25) is 0 Å². The van der Waals surface area contributed by atoms with Crippen molar-refractivity contribution in [3.05, 3.63) is 81.7 Å². The van der Waals surface area contributed by atoms with Crippen molar-refractivity contribution < 1.29 is 28.2 Å². The van der Waals surface area contributed by atoms with E-state index in [2.05, 4.69) is 26.0 Å². The van der Waals surface area contributed by atoms with Crippen molar-refractivity contribution in [3.63, 3.8) is 0 Å². The number of rotatable bonds is 8. The topological polar surface area (TPSA) is 111 Å². The maximum atomic E-state index is 12.5. The number of nitrogens with one attached hydrogen (secondary N) is 1. The highest BCUT2D eigenvalue weighted by Crippen LogP contribution is 2.30. The smallest absolute Gasteiger partial charge is 0.373 e. The zero-order chi connectivity index (χ0) is 23.8. The van der Waals surface area contributed by atoms with E-state index in [9.17, 15) is 14.9 Å². The monoisotopic (exact) mass is 510 g/mol. The predicted octanol–water partition coefficient (Wildman–Crippen LogP) is 4.96. The minimum atomic E-state index is -0.577. The van der Waals surface area contributed by atoms with Gasteiger partial charge in [-0.05, 0) is 54.1 Å². The quantitative estimate of drug-likeness (QED) is 0.259. The lowest BCUT2D eigenvalue weighted by Gasteiger charge is -2.11. The molecule has 2 aromatic carbocycles. The van der Waals surface area contributed by atoms with Crippen LogP contribution < -0.4 is 14.8 Å². The maximum Gasteiger partial charge on any atom is 0.373 e. The number of methoxy groups -OCH3 is 2. The van der Waals surface area contributed by atoms with Crippen molar-refractivity contribution in [2.24, 2.45) is 0 Å². The van der Waals surface area contributed by atoms with Gasteiger partial charge in [0.15, 0.2) is 11.5 Å². The van der Waals surface area contributed by atoms with Crippen LogP contribution in [-0.4, -0.2) is 26.1 Å². The Hall–Kier alpha value is -4.03. The summed E-state index contributed by atoms with van der Waals surface area (Å²) in [6.45, 7) is 0.0566. The molecule has 168 valence electrons. The Morgan fingerprint density at radius 3 is 2.64 bits per heavy atom. The predicted molar refractivity (Wildman–Crippen MR) is 124 cm³/mol. The van der Waals surface area contributed by atoms with E-state index in [1.165, 1.54) is 26.4 Å². The van der Waals surface area contributed by atoms with E-state index >= 15 is 0 Å². The van der Waals surface area contributed by atoms with Gasteiger partial charge < -0.3 is 23.9 Å². The number of carbonyl (C=O) groups is 2. The number of amides is 1. The van der Waals surface area contributed by atoms with Crippen LogP contribution in [0.25, 0.3) is 6.08 Å². The van der Waals surface area contributed by atoms with E-state index in [1.54, 1.807) is 42.5 Å². The number of esters is 1. The Labute approximate surface area is 198 Å². The number of nitrogens with zero attached hydrogens (tertiary/aromatic N) is 1. The molecule has 9 heteroatoms. The summed E-state index contributed by atoms with van der Waals surface area (Å²) >= 11 is 3.34. The molecule has 0 spiro atoms. The summed E-state index contributed by atoms with van der Waals surface area (Å²) in [5.41, 5.74) is 1.06. The van der Waals surface area contributed by atoms with Gasteiger partial charge in [0.1, 0.15) is 24.0 Å². The average Bonchev–Trinajstić information content (AvgIpc) is 3.30. The number of hydrogen-bond donors (Lipinski definition) is 1. The molecule has 1 N–H and O–H groups in total. The van der Waals surface area contributed by atoms with Gasteiger partial charge in [0.2, 0.25) is 5.76 Å². The van der Waals surface area contributed by atoms with Crippen LogP contribution in [0, 0.1) is 11.3 Å². The van der Waals surface area contributed by atoms with Gasteiger partial charge in [0.05, 0.1) is 14.2 Å². The molecule has 3 aromatic rings. The van der Waals surface area contributed by atoms with Crippen LogP contribution in [0.3, 0.4) is 0 Å². The van der Waals surface area contributed by atoms with Crippen molar-refractivity contribution >= 4 is 39.6 Å². The Balaban J connectivity index is 1.72. The largest absolute Gasteiger partial charge is 0.493 e. The van der Waals surface area contributed by atoms with Crippen LogP contribution in [-0.2, 0) is 16.1 Å². The molecule has 1 aromatic heterocycles. The second kappa shape index (κ2) is 11.0. The molecule has 1 heterocycles. The fourth-order valence-corrected chi connectivity index (χ4v) is 3.19. The number of furan rings is 1. The molecule has 0 radical (unpaired) electrons. The fraction of sp³-hybridized carbons (Fsp3) is 0.125. The summed E-state index contributed by atoms with van der Waals surface area (Å²) in [4.78, 5) is 24.0. The van der Waals surface area contributed by atoms with Gasteiger partial charge in [-0.25, -0.2) is 4.79 Å². The van der Waals surface area contributed by atoms with Crippen LogP contribution in [0.4, 0.5) is 5.69 Å². The van der Waals surface area contributed by atoms with Gasteiger partial charge in [0, 0.05) is 10.2 Å². The molecule has 0 bridgehead atoms. The number of ether oxygens (including phenoxy) is 3. The lowest BCUT2D eigenvalue weighted by Crippen LogP contribution is -2.13. The molecule has 0 saturated heterocycles. The van der Waals surface area contributed by atoms with E-state index < -0.39 is 11.9 Å². The Bertz CT molecular complexity index is 1240. The molecule has 0 fully saturated rings. The third kappa shape index (κ3) is 6.24. The summed E-state index contributed by atoms with van der Waals surface area (Å²) in [6, 6.07) is 17.1. The van der Waals surface area contributed by atoms with Gasteiger partial charge in [-0.15, -0.1) is 0 Å². The van der Waals surface area contributed by atoms with Gasteiger partial charge in [-0.3, -0.25) is 4.79 Å². The minimum Gasteiger partial charge on any atom is -0.493 e. The first kappa shape index (κ1) is 23.6. The highest BCUT2D eigenvalue weighted by Gasteiger charge is 2.14. The van der Waals surface area contributed by atoms with Gasteiger partial charge in [-0.2, -0.15) is 5.26 Å². The number of nitriles is 1. The number of benzene rings is 2. The number of carbonyl (C=O) groups excluding carboxylic acids is 2. The molecule has 0 aliphatic rings. The van der Waals surface area contributed by atoms with E-state index in [-0.39, 0.29) is 17.9 Å². The lowest BCUT2D eigenvalue weighted by molar-refractivity contribution is -0.112. The molecule has 0 aliphatic carbocycles. The van der Waals surface area contributed by atoms with Crippen molar-refractivity contribution in [1.82, 2.24) is 0 Å². The van der Waals surface area contributed by atoms with Gasteiger partial charge >= 0.3 is 5.97 Å². The Morgan fingerprint density at radius 2 is 1.94 bits per heavy atom. The number of anilines is 1. The van der Waals surface area contributed by atoms with Crippen molar-refractivity contribution in [1.29, 1.82) is 5.26 Å². The van der Waals surface area contributed by atoms with Crippen LogP contribution >= 0.6 is 15.9 Å². The molecule has 1 amide bonds. The highest BCUT2D eigenvalue weighted by molar-refractivity contribution is 9.10. The fourth-order valence-electron chi connectivity index (χ4n) is 2.79. The summed E-state index contributed by atoms with van der Waals surface area (Å²) < 4.78 is 21.9. The third-order valence-corrected chi connectivity index (χ3v) is 4.86. The number of hydrogen-bond acceptors (Lipinski definition) is 7. The Kier molecular flexibility index (Phi) is 7.89. The molecule has 8 nitrogen and oxygen atoms in total. The first-order valence-electron chi connectivity index (χ1n) is 9.60. The maximum absolute atomic E-state index is 12.5. The lowest BCUT2D eigenvalue weighted by atomic mass is 10.1. The SMILES string of the molecule is COC(=O)c1ccc(COc2ccc(/C=C(\C#N)C(=O)Nc3cccc(Br)c3)cc2OC)o1. The van der Waals surface area contributed by atoms with Crippen molar-refractivity contribution in [3.8, 4) is 17.6 Å². The van der Waals surface area contributed by atoms with Crippen LogP contribution in [0.1, 0.15) is 21.9 Å². The summed E-state index contributed by atoms with van der Waals surface area (Å²) in [6.07, 6.45) is 1.45. The van der Waals surface area contributed by atoms with Gasteiger partial charge in [0.25, 0.3) is 5.91 Å². The molecule has 0 saturated carbocycles. The Morgan fingerprint density at radius 1 is 1.12 bits per heavy atom. The first-order chi connectivity index (χ1) is 15.9. The van der Waals surface area contributed by atoms with Crippen molar-refractivity contribution in [2.45, 2.75) is 6.61 Å². The second-order valence-corrected chi connectivity index (χ2v) is 7.51. The molecule has 3 rings (SSSR count). The third-order valence-electron chi connectivity index (χ3n) is 4.36. The molecular weight excluding hydrogens is 492 g/mol. The van der Waals surface area contributed by atoms with E-state index in [0.29, 0.717) is 28.5 Å². The van der Waals surface area contributed by atoms with Crippen molar-refractivity contribution in [2.75, 3.05) is 19.5 Å². The minimum absolute atomic E-state index is 0.0566. The normalized spacial score (nSPS) is 10.8. The zero-order valence-corrected chi connectivity index (χ0v) is 19.3. The molecular formula is C24H19BrN2O6. The molecule has 33 heavy (non-hydrogen) atoms.